The van der Waals surface area contributed by atoms with E-state index in [1.807, 2.05) is 30.5 Å². The zero-order valence-electron chi connectivity index (χ0n) is 12.2. The third kappa shape index (κ3) is 2.62. The lowest BCUT2D eigenvalue weighted by molar-refractivity contribution is 0.101. The van der Waals surface area contributed by atoms with Gasteiger partial charge < -0.3 is 5.32 Å². The van der Waals surface area contributed by atoms with Crippen molar-refractivity contribution in [1.29, 1.82) is 0 Å². The molecule has 0 saturated heterocycles. The Morgan fingerprint density at radius 3 is 3.05 bits per heavy atom. The van der Waals surface area contributed by atoms with Crippen molar-refractivity contribution in [2.24, 2.45) is 5.92 Å². The van der Waals surface area contributed by atoms with Crippen molar-refractivity contribution in [3.8, 4) is 11.3 Å². The van der Waals surface area contributed by atoms with Crippen molar-refractivity contribution < 1.29 is 4.79 Å². The number of carbonyl (C=O) groups excluding carboxylic acids is 1. The van der Waals surface area contributed by atoms with Crippen LogP contribution in [0.5, 0.6) is 0 Å². The van der Waals surface area contributed by atoms with Crippen molar-refractivity contribution >= 4 is 27.2 Å². The lowest BCUT2D eigenvalue weighted by Gasteiger charge is -1.99. The second kappa shape index (κ2) is 5.21. The second-order valence-corrected chi connectivity index (χ2v) is 6.68. The van der Waals surface area contributed by atoms with E-state index in [-0.39, 0.29) is 5.78 Å². The Bertz CT molecular complexity index is 815. The molecule has 0 unspecified atom stereocenters. The Morgan fingerprint density at radius 2 is 2.32 bits per heavy atom. The fraction of sp³-hybridized carbons (Fsp3) is 0.312. The SMILES string of the molecule is CC(=O)c1cccc(-c2cn3nc(NCC4CC4)sc3n2)c1. The van der Waals surface area contributed by atoms with Gasteiger partial charge in [-0.25, -0.2) is 9.50 Å². The van der Waals surface area contributed by atoms with E-state index in [0.717, 1.165) is 33.8 Å². The molecule has 1 aliphatic rings. The summed E-state index contributed by atoms with van der Waals surface area (Å²) in [6.07, 6.45) is 4.56. The van der Waals surface area contributed by atoms with Crippen molar-refractivity contribution in [2.75, 3.05) is 11.9 Å². The minimum atomic E-state index is 0.0626. The Balaban J connectivity index is 1.60. The quantitative estimate of drug-likeness (QED) is 0.733. The van der Waals surface area contributed by atoms with E-state index < -0.39 is 0 Å². The third-order valence-corrected chi connectivity index (χ3v) is 4.73. The first-order valence-electron chi connectivity index (χ1n) is 7.40. The molecule has 5 nitrogen and oxygen atoms in total. The van der Waals surface area contributed by atoms with Crippen LogP contribution in [0.2, 0.25) is 0 Å². The van der Waals surface area contributed by atoms with Crippen LogP contribution in [0, 0.1) is 5.92 Å². The fourth-order valence-corrected chi connectivity index (χ4v) is 3.15. The van der Waals surface area contributed by atoms with E-state index in [1.54, 1.807) is 22.8 Å². The topological polar surface area (TPSA) is 59.3 Å². The van der Waals surface area contributed by atoms with Gasteiger partial charge in [0.1, 0.15) is 0 Å². The Morgan fingerprint density at radius 1 is 1.45 bits per heavy atom. The van der Waals surface area contributed by atoms with Crippen LogP contribution in [0.3, 0.4) is 0 Å². The molecule has 0 spiro atoms. The number of anilines is 1. The number of nitrogens with zero attached hydrogens (tertiary/aromatic N) is 3. The molecule has 0 radical (unpaired) electrons. The number of carbonyl (C=O) groups is 1. The average Bonchev–Trinajstić information content (AvgIpc) is 3.14. The van der Waals surface area contributed by atoms with Gasteiger partial charge in [-0.1, -0.05) is 29.5 Å². The fourth-order valence-electron chi connectivity index (χ4n) is 2.36. The first-order chi connectivity index (χ1) is 10.7. The normalized spacial score (nSPS) is 14.4. The summed E-state index contributed by atoms with van der Waals surface area (Å²) in [5.74, 6) is 0.883. The molecule has 4 rings (SSSR count). The van der Waals surface area contributed by atoms with Gasteiger partial charge >= 0.3 is 0 Å². The number of imidazole rings is 1. The van der Waals surface area contributed by atoms with Crippen molar-refractivity contribution in [3.05, 3.63) is 36.0 Å². The summed E-state index contributed by atoms with van der Waals surface area (Å²) in [7, 11) is 0. The number of ketones is 1. The molecular formula is C16H16N4OS. The predicted molar refractivity (Wildman–Crippen MR) is 87.5 cm³/mol. The van der Waals surface area contributed by atoms with Gasteiger partial charge in [-0.05, 0) is 31.7 Å². The van der Waals surface area contributed by atoms with E-state index in [1.165, 1.54) is 12.8 Å². The van der Waals surface area contributed by atoms with E-state index >= 15 is 0 Å². The molecule has 1 fully saturated rings. The van der Waals surface area contributed by atoms with Crippen molar-refractivity contribution in [1.82, 2.24) is 14.6 Å². The summed E-state index contributed by atoms with van der Waals surface area (Å²) < 4.78 is 1.80. The van der Waals surface area contributed by atoms with Gasteiger partial charge in [0.2, 0.25) is 10.1 Å². The molecule has 6 heteroatoms. The van der Waals surface area contributed by atoms with Crippen LogP contribution in [0.1, 0.15) is 30.1 Å². The van der Waals surface area contributed by atoms with Crippen molar-refractivity contribution in [3.63, 3.8) is 0 Å². The number of benzene rings is 1. The van der Waals surface area contributed by atoms with Crippen LogP contribution >= 0.6 is 11.3 Å². The standard InChI is InChI=1S/C16H16N4OS/c1-10(21)12-3-2-4-13(7-12)14-9-20-16(18-14)22-15(19-20)17-8-11-5-6-11/h2-4,7,9,11H,5-6,8H2,1H3,(H,17,19). The number of fused-ring (bicyclic) bond motifs is 1. The molecule has 22 heavy (non-hydrogen) atoms. The van der Waals surface area contributed by atoms with Crippen LogP contribution in [-0.2, 0) is 0 Å². The van der Waals surface area contributed by atoms with Gasteiger partial charge in [0.25, 0.3) is 0 Å². The number of aromatic nitrogens is 3. The minimum Gasteiger partial charge on any atom is -0.360 e. The summed E-state index contributed by atoms with van der Waals surface area (Å²) >= 11 is 1.56. The number of rotatable bonds is 5. The molecule has 3 aromatic rings. The zero-order valence-corrected chi connectivity index (χ0v) is 13.1. The minimum absolute atomic E-state index is 0.0626. The number of nitrogens with one attached hydrogen (secondary N) is 1. The zero-order chi connectivity index (χ0) is 15.1. The molecule has 0 amide bonds. The monoisotopic (exact) mass is 312 g/mol. The third-order valence-electron chi connectivity index (χ3n) is 3.85. The average molecular weight is 312 g/mol. The molecule has 2 aromatic heterocycles. The Kier molecular flexibility index (Phi) is 3.18. The molecule has 1 aliphatic carbocycles. The lowest BCUT2D eigenvalue weighted by atomic mass is 10.1. The van der Waals surface area contributed by atoms with Gasteiger partial charge in [-0.15, -0.1) is 5.10 Å². The highest BCUT2D eigenvalue weighted by Crippen LogP contribution is 2.30. The van der Waals surface area contributed by atoms with Crippen LogP contribution in [0.4, 0.5) is 5.13 Å². The highest BCUT2D eigenvalue weighted by Gasteiger charge is 2.21. The summed E-state index contributed by atoms with van der Waals surface area (Å²) in [6.45, 7) is 2.58. The molecule has 1 aromatic carbocycles. The van der Waals surface area contributed by atoms with Crippen LogP contribution in [-0.4, -0.2) is 26.9 Å². The number of Topliss-reactive ketones (excluding diaryl/α,β-unsaturated/α-hetero) is 1. The smallest absolute Gasteiger partial charge is 0.214 e. The van der Waals surface area contributed by atoms with Gasteiger partial charge in [0.05, 0.1) is 11.9 Å². The summed E-state index contributed by atoms with van der Waals surface area (Å²) in [5, 5.41) is 8.79. The van der Waals surface area contributed by atoms with Gasteiger partial charge in [0.15, 0.2) is 5.78 Å². The Hall–Kier alpha value is -2.21. The van der Waals surface area contributed by atoms with E-state index in [0.29, 0.717) is 5.56 Å². The van der Waals surface area contributed by atoms with Gasteiger partial charge in [-0.2, -0.15) is 0 Å². The predicted octanol–water partition coefficient (Wildman–Crippen LogP) is 3.48. The highest BCUT2D eigenvalue weighted by atomic mass is 32.1. The van der Waals surface area contributed by atoms with Crippen LogP contribution < -0.4 is 5.32 Å². The second-order valence-electron chi connectivity index (χ2n) is 5.72. The molecule has 2 heterocycles. The van der Waals surface area contributed by atoms with Gasteiger partial charge in [0, 0.05) is 17.7 Å². The molecule has 112 valence electrons. The summed E-state index contributed by atoms with van der Waals surface area (Å²) in [6, 6.07) is 7.55. The largest absolute Gasteiger partial charge is 0.360 e. The van der Waals surface area contributed by atoms with Crippen molar-refractivity contribution in [2.45, 2.75) is 19.8 Å². The van der Waals surface area contributed by atoms with Crippen LogP contribution in [0.15, 0.2) is 30.5 Å². The van der Waals surface area contributed by atoms with Gasteiger partial charge in [-0.3, -0.25) is 4.79 Å². The maximum Gasteiger partial charge on any atom is 0.214 e. The Labute approximate surface area is 132 Å². The molecule has 0 aliphatic heterocycles. The first-order valence-corrected chi connectivity index (χ1v) is 8.22. The summed E-state index contributed by atoms with van der Waals surface area (Å²) in [4.78, 5) is 17.0. The molecule has 1 N–H and O–H groups in total. The lowest BCUT2D eigenvalue weighted by Crippen LogP contribution is -2.02. The summed E-state index contributed by atoms with van der Waals surface area (Å²) in [5.41, 5.74) is 2.49. The first kappa shape index (κ1) is 13.5. The molecule has 0 bridgehead atoms. The maximum atomic E-state index is 11.5. The van der Waals surface area contributed by atoms with E-state index in [9.17, 15) is 4.79 Å². The molecular weight excluding hydrogens is 296 g/mol. The van der Waals surface area contributed by atoms with E-state index in [4.69, 9.17) is 0 Å². The van der Waals surface area contributed by atoms with Crippen LogP contribution in [0.25, 0.3) is 16.2 Å². The maximum absolute atomic E-state index is 11.5. The number of hydrogen-bond donors (Lipinski definition) is 1. The highest BCUT2D eigenvalue weighted by molar-refractivity contribution is 7.20. The molecule has 1 saturated carbocycles. The van der Waals surface area contributed by atoms with E-state index in [2.05, 4.69) is 15.4 Å². The number of hydrogen-bond acceptors (Lipinski definition) is 5. The molecule has 0 atom stereocenters.